The van der Waals surface area contributed by atoms with Crippen molar-refractivity contribution in [2.45, 2.75) is 26.4 Å². The van der Waals surface area contributed by atoms with E-state index in [1.807, 2.05) is 55.5 Å². The minimum Gasteiger partial charge on any atom is -0.497 e. The number of benzene rings is 2. The van der Waals surface area contributed by atoms with Crippen LogP contribution in [0.25, 0.3) is 0 Å². The van der Waals surface area contributed by atoms with Gasteiger partial charge in [-0.2, -0.15) is 0 Å². The van der Waals surface area contributed by atoms with Crippen molar-refractivity contribution >= 4 is 11.8 Å². The monoisotopic (exact) mass is 370 g/mol. The molecule has 0 unspecified atom stereocenters. The highest BCUT2D eigenvalue weighted by Crippen LogP contribution is 2.18. The van der Waals surface area contributed by atoms with Crippen molar-refractivity contribution < 1.29 is 19.1 Å². The lowest BCUT2D eigenvalue weighted by Gasteiger charge is -2.28. The first-order valence-electron chi connectivity index (χ1n) is 8.78. The van der Waals surface area contributed by atoms with Crippen LogP contribution in [0.5, 0.6) is 11.5 Å². The molecule has 1 atom stereocenters. The standard InChI is InChI=1S/C21H26N2O4/c1-15-8-5-6-11-19(15)27-14-20(24)23(16(2)21(25)22-3)13-17-9-7-10-18(12-17)26-4/h5-12,16H,13-14H2,1-4H3,(H,22,25)/t16-/m0/s1. The van der Waals surface area contributed by atoms with Crippen LogP contribution in [-0.4, -0.2) is 43.5 Å². The molecule has 2 aromatic carbocycles. The van der Waals surface area contributed by atoms with E-state index in [-0.39, 0.29) is 25.0 Å². The summed E-state index contributed by atoms with van der Waals surface area (Å²) in [5.41, 5.74) is 1.82. The third kappa shape index (κ3) is 5.48. The molecule has 0 saturated heterocycles. The third-order valence-electron chi connectivity index (χ3n) is 4.35. The van der Waals surface area contributed by atoms with Crippen molar-refractivity contribution in [3.63, 3.8) is 0 Å². The maximum absolute atomic E-state index is 12.8. The van der Waals surface area contributed by atoms with Crippen LogP contribution < -0.4 is 14.8 Å². The maximum Gasteiger partial charge on any atom is 0.261 e. The molecule has 0 fully saturated rings. The van der Waals surface area contributed by atoms with E-state index in [0.29, 0.717) is 11.5 Å². The molecule has 144 valence electrons. The summed E-state index contributed by atoms with van der Waals surface area (Å²) in [7, 11) is 3.14. The molecule has 0 spiro atoms. The van der Waals surface area contributed by atoms with Gasteiger partial charge in [-0.15, -0.1) is 0 Å². The Morgan fingerprint density at radius 2 is 1.89 bits per heavy atom. The second kappa shape index (κ2) is 9.62. The summed E-state index contributed by atoms with van der Waals surface area (Å²) in [6, 6.07) is 14.3. The van der Waals surface area contributed by atoms with E-state index in [1.165, 1.54) is 4.90 Å². The quantitative estimate of drug-likeness (QED) is 0.775. The fraction of sp³-hybridized carbons (Fsp3) is 0.333. The van der Waals surface area contributed by atoms with Crippen molar-refractivity contribution in [1.29, 1.82) is 0 Å². The van der Waals surface area contributed by atoms with E-state index in [9.17, 15) is 9.59 Å². The summed E-state index contributed by atoms with van der Waals surface area (Å²) in [4.78, 5) is 26.5. The fourth-order valence-corrected chi connectivity index (χ4v) is 2.70. The van der Waals surface area contributed by atoms with Gasteiger partial charge in [0.2, 0.25) is 5.91 Å². The molecule has 0 saturated carbocycles. The molecule has 2 amide bonds. The van der Waals surface area contributed by atoms with Crippen LogP contribution in [0.1, 0.15) is 18.1 Å². The molecule has 2 aromatic rings. The predicted octanol–water partition coefficient (Wildman–Crippen LogP) is 2.55. The van der Waals surface area contributed by atoms with Gasteiger partial charge in [-0.25, -0.2) is 0 Å². The molecule has 2 rings (SSSR count). The summed E-state index contributed by atoms with van der Waals surface area (Å²) in [6.45, 7) is 3.75. The summed E-state index contributed by atoms with van der Waals surface area (Å²) >= 11 is 0. The number of carbonyl (C=O) groups is 2. The lowest BCUT2D eigenvalue weighted by molar-refractivity contribution is -0.142. The van der Waals surface area contributed by atoms with Gasteiger partial charge in [-0.1, -0.05) is 30.3 Å². The predicted molar refractivity (Wildman–Crippen MR) is 104 cm³/mol. The van der Waals surface area contributed by atoms with Gasteiger partial charge in [0, 0.05) is 13.6 Å². The number of para-hydroxylation sites is 1. The molecule has 0 heterocycles. The number of rotatable bonds is 8. The number of amides is 2. The average Bonchev–Trinajstić information content (AvgIpc) is 2.70. The molecule has 0 radical (unpaired) electrons. The molecule has 0 aliphatic heterocycles. The van der Waals surface area contributed by atoms with Crippen molar-refractivity contribution in [1.82, 2.24) is 10.2 Å². The molecule has 0 aliphatic carbocycles. The molecule has 6 nitrogen and oxygen atoms in total. The number of aryl methyl sites for hydroxylation is 1. The van der Waals surface area contributed by atoms with Crippen LogP contribution in [-0.2, 0) is 16.1 Å². The van der Waals surface area contributed by atoms with Gasteiger partial charge in [0.25, 0.3) is 5.91 Å². The molecule has 27 heavy (non-hydrogen) atoms. The molecular formula is C21H26N2O4. The van der Waals surface area contributed by atoms with Gasteiger partial charge >= 0.3 is 0 Å². The first kappa shape index (κ1) is 20.3. The van der Waals surface area contributed by atoms with E-state index >= 15 is 0 Å². The lowest BCUT2D eigenvalue weighted by atomic mass is 10.1. The summed E-state index contributed by atoms with van der Waals surface area (Å²) in [5.74, 6) is 0.850. The average molecular weight is 370 g/mol. The second-order valence-corrected chi connectivity index (χ2v) is 6.22. The number of nitrogens with zero attached hydrogens (tertiary/aromatic N) is 1. The number of likely N-dealkylation sites (N-methyl/N-ethyl adjacent to an activating group) is 1. The summed E-state index contributed by atoms with van der Waals surface area (Å²) in [5, 5.41) is 2.59. The number of carbonyl (C=O) groups excluding carboxylic acids is 2. The highest BCUT2D eigenvalue weighted by molar-refractivity contribution is 5.87. The van der Waals surface area contributed by atoms with Crippen molar-refractivity contribution in [3.05, 3.63) is 59.7 Å². The minimum absolute atomic E-state index is 0.143. The highest BCUT2D eigenvalue weighted by atomic mass is 16.5. The Kier molecular flexibility index (Phi) is 7.23. The number of hydrogen-bond acceptors (Lipinski definition) is 4. The SMILES string of the molecule is CNC(=O)[C@H](C)N(Cc1cccc(OC)c1)C(=O)COc1ccccc1C. The van der Waals surface area contributed by atoms with Crippen molar-refractivity contribution in [2.24, 2.45) is 0 Å². The molecule has 6 heteroatoms. The Morgan fingerprint density at radius 1 is 1.15 bits per heavy atom. The fourth-order valence-electron chi connectivity index (χ4n) is 2.70. The Balaban J connectivity index is 2.16. The number of ether oxygens (including phenoxy) is 2. The normalized spacial score (nSPS) is 11.4. The first-order valence-corrected chi connectivity index (χ1v) is 8.78. The zero-order valence-corrected chi connectivity index (χ0v) is 16.2. The third-order valence-corrected chi connectivity index (χ3v) is 4.35. The molecule has 0 aromatic heterocycles. The van der Waals surface area contributed by atoms with E-state index in [0.717, 1.165) is 11.1 Å². The second-order valence-electron chi connectivity index (χ2n) is 6.22. The summed E-state index contributed by atoms with van der Waals surface area (Å²) < 4.78 is 10.9. The maximum atomic E-state index is 12.8. The molecular weight excluding hydrogens is 344 g/mol. The van der Waals surface area contributed by atoms with Gasteiger partial charge in [0.1, 0.15) is 17.5 Å². The Bertz CT molecular complexity index is 791. The van der Waals surface area contributed by atoms with Crippen LogP contribution in [0.2, 0.25) is 0 Å². The van der Waals surface area contributed by atoms with Gasteiger partial charge in [-0.05, 0) is 43.2 Å². The number of hydrogen-bond donors (Lipinski definition) is 1. The van der Waals surface area contributed by atoms with Gasteiger partial charge in [0.15, 0.2) is 6.61 Å². The number of methoxy groups -OCH3 is 1. The van der Waals surface area contributed by atoms with E-state index < -0.39 is 6.04 Å². The van der Waals surface area contributed by atoms with Crippen LogP contribution >= 0.6 is 0 Å². The lowest BCUT2D eigenvalue weighted by Crippen LogP contribution is -2.48. The largest absolute Gasteiger partial charge is 0.497 e. The van der Waals surface area contributed by atoms with Crippen LogP contribution in [0.4, 0.5) is 0 Å². The van der Waals surface area contributed by atoms with Gasteiger partial charge in [-0.3, -0.25) is 9.59 Å². The highest BCUT2D eigenvalue weighted by Gasteiger charge is 2.26. The smallest absolute Gasteiger partial charge is 0.261 e. The first-order chi connectivity index (χ1) is 13.0. The van der Waals surface area contributed by atoms with Gasteiger partial charge in [0.05, 0.1) is 7.11 Å². The Labute approximate surface area is 160 Å². The molecule has 0 aliphatic rings. The Hall–Kier alpha value is -3.02. The van der Waals surface area contributed by atoms with Crippen molar-refractivity contribution in [2.75, 3.05) is 20.8 Å². The zero-order valence-electron chi connectivity index (χ0n) is 16.2. The zero-order chi connectivity index (χ0) is 19.8. The molecule has 0 bridgehead atoms. The summed E-state index contributed by atoms with van der Waals surface area (Å²) in [6.07, 6.45) is 0. The van der Waals surface area contributed by atoms with E-state index in [2.05, 4.69) is 5.32 Å². The van der Waals surface area contributed by atoms with Crippen molar-refractivity contribution in [3.8, 4) is 11.5 Å². The van der Waals surface area contributed by atoms with Crippen LogP contribution in [0, 0.1) is 6.92 Å². The van der Waals surface area contributed by atoms with Crippen LogP contribution in [0.3, 0.4) is 0 Å². The Morgan fingerprint density at radius 3 is 2.56 bits per heavy atom. The van der Waals surface area contributed by atoms with E-state index in [1.54, 1.807) is 21.1 Å². The minimum atomic E-state index is -0.630. The topological polar surface area (TPSA) is 67.9 Å². The van der Waals surface area contributed by atoms with Gasteiger partial charge < -0.3 is 19.7 Å². The molecule has 1 N–H and O–H groups in total. The number of nitrogens with one attached hydrogen (secondary N) is 1. The van der Waals surface area contributed by atoms with E-state index in [4.69, 9.17) is 9.47 Å². The van der Waals surface area contributed by atoms with Crippen LogP contribution in [0.15, 0.2) is 48.5 Å².